The highest BCUT2D eigenvalue weighted by atomic mass is 16.3. The number of hydrogen-bond acceptors (Lipinski definition) is 3. The van der Waals surface area contributed by atoms with Crippen LogP contribution in [0.4, 0.5) is 0 Å². The minimum absolute atomic E-state index is 0.125. The molecule has 4 nitrogen and oxygen atoms in total. The summed E-state index contributed by atoms with van der Waals surface area (Å²) in [6.07, 6.45) is 15.2. The summed E-state index contributed by atoms with van der Waals surface area (Å²) < 4.78 is 0. The third-order valence-electron chi connectivity index (χ3n) is 3.34. The fourth-order valence-electron chi connectivity index (χ4n) is 2.20. The molecule has 1 amide bonds. The van der Waals surface area contributed by atoms with Gasteiger partial charge in [-0.25, -0.2) is 0 Å². The van der Waals surface area contributed by atoms with Crippen molar-refractivity contribution in [2.45, 2.75) is 67.3 Å². The van der Waals surface area contributed by atoms with E-state index in [2.05, 4.69) is 19.6 Å². The van der Waals surface area contributed by atoms with Crippen LogP contribution in [-0.2, 0) is 4.79 Å². The van der Waals surface area contributed by atoms with Crippen molar-refractivity contribution in [3.63, 3.8) is 0 Å². The summed E-state index contributed by atoms with van der Waals surface area (Å²) in [5, 5.41) is 15.2. The van der Waals surface area contributed by atoms with E-state index in [1.165, 1.54) is 5.57 Å². The van der Waals surface area contributed by atoms with Gasteiger partial charge in [0.1, 0.15) is 0 Å². The topological polar surface area (TPSA) is 60.8 Å². The van der Waals surface area contributed by atoms with Crippen LogP contribution >= 0.6 is 0 Å². The van der Waals surface area contributed by atoms with Crippen molar-refractivity contribution in [2.24, 2.45) is 0 Å². The lowest BCUT2D eigenvalue weighted by Gasteiger charge is -2.42. The Hall–Kier alpha value is -1.91. The Morgan fingerprint density at radius 2 is 1.70 bits per heavy atom. The van der Waals surface area contributed by atoms with Gasteiger partial charge in [-0.1, -0.05) is 77.7 Å². The molecule has 0 aromatic heterocycles. The first-order valence-electron chi connectivity index (χ1n) is 9.92. The second-order valence-electron chi connectivity index (χ2n) is 4.85. The number of aliphatic hydroxyl groups excluding tert-OH is 2. The van der Waals surface area contributed by atoms with Gasteiger partial charge in [0.05, 0.1) is 25.7 Å². The van der Waals surface area contributed by atoms with E-state index in [0.717, 1.165) is 12.1 Å². The van der Waals surface area contributed by atoms with Gasteiger partial charge < -0.3 is 15.1 Å². The number of carbonyl (C=O) groups is 1. The predicted molar refractivity (Wildman–Crippen MR) is 118 cm³/mol. The van der Waals surface area contributed by atoms with Crippen molar-refractivity contribution < 1.29 is 15.0 Å². The standard InChI is InChI=1S/C17H23NO.C2H6O2.2C2H6/c1-5-9-11-14(7-3)16-13-17(19)18(16)15(8-4)12-10-6-2;3-1-2-4;2*1-2/h5-7,9-12,16H,1,8,13H2,2-4H3;3-4H,1-2H2;2*1-2H3/b10-6-,11-9-,14-7+,15-12+;;;. The number of aliphatic hydroxyl groups is 2. The Kier molecular flexibility index (Phi) is 24.5. The molecular weight excluding hydrogens is 338 g/mol. The molecule has 0 spiro atoms. The molecule has 1 fully saturated rings. The fraction of sp³-hybridized carbons (Fsp3) is 0.522. The third kappa shape index (κ3) is 12.2. The zero-order chi connectivity index (χ0) is 21.7. The lowest BCUT2D eigenvalue weighted by molar-refractivity contribution is -0.140. The van der Waals surface area contributed by atoms with Crippen molar-refractivity contribution in [3.05, 3.63) is 60.4 Å². The summed E-state index contributed by atoms with van der Waals surface area (Å²) in [7, 11) is 0. The summed E-state index contributed by atoms with van der Waals surface area (Å²) in [5.41, 5.74) is 2.24. The second-order valence-corrected chi connectivity index (χ2v) is 4.85. The largest absolute Gasteiger partial charge is 0.394 e. The number of likely N-dealkylation sites (tertiary alicyclic amines) is 1. The molecule has 1 heterocycles. The Bertz CT molecular complexity index is 486. The van der Waals surface area contributed by atoms with E-state index in [9.17, 15) is 4.79 Å². The molecule has 0 aromatic rings. The number of hydrogen-bond donors (Lipinski definition) is 2. The van der Waals surface area contributed by atoms with E-state index in [1.807, 2.05) is 76.8 Å². The molecule has 0 aliphatic carbocycles. The Morgan fingerprint density at radius 3 is 2.04 bits per heavy atom. The van der Waals surface area contributed by atoms with Crippen LogP contribution in [0.2, 0.25) is 0 Å². The quantitative estimate of drug-likeness (QED) is 0.474. The predicted octanol–water partition coefficient (Wildman–Crippen LogP) is 5.17. The number of carbonyl (C=O) groups excluding carboxylic acids is 1. The van der Waals surface area contributed by atoms with Gasteiger partial charge in [0.15, 0.2) is 0 Å². The lowest BCUT2D eigenvalue weighted by Crippen LogP contribution is -2.52. The molecule has 1 aliphatic heterocycles. The van der Waals surface area contributed by atoms with Gasteiger partial charge in [-0.3, -0.25) is 4.79 Å². The molecule has 1 saturated heterocycles. The Balaban J connectivity index is -0.000000621. The first kappa shape index (κ1) is 29.8. The van der Waals surface area contributed by atoms with E-state index < -0.39 is 0 Å². The van der Waals surface area contributed by atoms with Crippen LogP contribution in [0.25, 0.3) is 0 Å². The van der Waals surface area contributed by atoms with E-state index in [1.54, 1.807) is 6.08 Å². The summed E-state index contributed by atoms with van der Waals surface area (Å²) >= 11 is 0. The van der Waals surface area contributed by atoms with Gasteiger partial charge in [0.2, 0.25) is 5.91 Å². The first-order chi connectivity index (χ1) is 13.1. The molecule has 0 saturated carbocycles. The Morgan fingerprint density at radius 1 is 1.15 bits per heavy atom. The molecule has 0 bridgehead atoms. The van der Waals surface area contributed by atoms with Crippen molar-refractivity contribution in [1.82, 2.24) is 4.90 Å². The molecule has 1 rings (SSSR count). The summed E-state index contributed by atoms with van der Waals surface area (Å²) in [5.74, 6) is 0.203. The maximum atomic E-state index is 11.9. The molecule has 156 valence electrons. The molecule has 0 aromatic carbocycles. The summed E-state index contributed by atoms with van der Waals surface area (Å²) in [6, 6.07) is 0.171. The Labute approximate surface area is 167 Å². The molecule has 0 radical (unpaired) electrons. The number of rotatable bonds is 7. The van der Waals surface area contributed by atoms with E-state index >= 15 is 0 Å². The van der Waals surface area contributed by atoms with Gasteiger partial charge in [-0.15, -0.1) is 0 Å². The SMILES string of the molecule is C=C/C=C\C(=C/C)C1CC(=O)N1/C(=C/C=C\C)CC.CC.CC.OCCO. The first-order valence-corrected chi connectivity index (χ1v) is 9.92. The number of nitrogens with zero attached hydrogens (tertiary/aromatic N) is 1. The van der Waals surface area contributed by atoms with E-state index in [-0.39, 0.29) is 25.2 Å². The summed E-state index contributed by atoms with van der Waals surface area (Å²) in [6.45, 7) is 17.5. The van der Waals surface area contributed by atoms with Crippen LogP contribution in [-0.4, -0.2) is 40.3 Å². The highest BCUT2D eigenvalue weighted by Crippen LogP contribution is 2.32. The zero-order valence-corrected chi connectivity index (χ0v) is 18.4. The van der Waals surface area contributed by atoms with Crippen molar-refractivity contribution >= 4 is 5.91 Å². The lowest BCUT2D eigenvalue weighted by atomic mass is 9.91. The van der Waals surface area contributed by atoms with Crippen LogP contribution in [0.1, 0.15) is 61.3 Å². The average molecular weight is 380 g/mol. The van der Waals surface area contributed by atoms with Crippen molar-refractivity contribution in [1.29, 1.82) is 0 Å². The molecule has 1 unspecified atom stereocenters. The van der Waals surface area contributed by atoms with Gasteiger partial charge in [0.25, 0.3) is 0 Å². The number of β-lactam (4-membered cyclic amide) rings is 1. The van der Waals surface area contributed by atoms with Crippen LogP contribution in [0.5, 0.6) is 0 Å². The van der Waals surface area contributed by atoms with E-state index in [0.29, 0.717) is 6.42 Å². The maximum Gasteiger partial charge on any atom is 0.229 e. The fourth-order valence-corrected chi connectivity index (χ4v) is 2.20. The van der Waals surface area contributed by atoms with Crippen LogP contribution in [0.15, 0.2) is 60.4 Å². The highest BCUT2D eigenvalue weighted by Gasteiger charge is 2.38. The van der Waals surface area contributed by atoms with Gasteiger partial charge >= 0.3 is 0 Å². The molecule has 4 heteroatoms. The molecule has 27 heavy (non-hydrogen) atoms. The van der Waals surface area contributed by atoms with Crippen LogP contribution in [0.3, 0.4) is 0 Å². The number of amides is 1. The molecular formula is C23H41NO3. The van der Waals surface area contributed by atoms with Crippen LogP contribution < -0.4 is 0 Å². The maximum absolute atomic E-state index is 11.9. The van der Waals surface area contributed by atoms with Crippen LogP contribution in [0, 0.1) is 0 Å². The summed E-state index contributed by atoms with van der Waals surface area (Å²) in [4.78, 5) is 13.8. The zero-order valence-electron chi connectivity index (χ0n) is 18.4. The molecule has 2 N–H and O–H groups in total. The van der Waals surface area contributed by atoms with Gasteiger partial charge in [-0.2, -0.15) is 0 Å². The monoisotopic (exact) mass is 379 g/mol. The van der Waals surface area contributed by atoms with Gasteiger partial charge in [-0.05, 0) is 31.9 Å². The van der Waals surface area contributed by atoms with Crippen molar-refractivity contribution in [2.75, 3.05) is 13.2 Å². The van der Waals surface area contributed by atoms with E-state index in [4.69, 9.17) is 10.2 Å². The smallest absolute Gasteiger partial charge is 0.229 e. The minimum atomic E-state index is -0.125. The third-order valence-corrected chi connectivity index (χ3v) is 3.34. The van der Waals surface area contributed by atoms with Crippen molar-refractivity contribution in [3.8, 4) is 0 Å². The highest BCUT2D eigenvalue weighted by molar-refractivity contribution is 5.86. The minimum Gasteiger partial charge on any atom is -0.394 e. The molecule has 1 aliphatic rings. The van der Waals surface area contributed by atoms with Gasteiger partial charge in [0, 0.05) is 5.70 Å². The number of allylic oxidation sites excluding steroid dienone is 7. The second kappa shape index (κ2) is 22.1. The average Bonchev–Trinajstić information content (AvgIpc) is 2.73. The normalized spacial score (nSPS) is 16.6. The molecule has 1 atom stereocenters.